The quantitative estimate of drug-likeness (QED) is 0.217. The van der Waals surface area contributed by atoms with Gasteiger partial charge in [-0.2, -0.15) is 17.6 Å². The molecule has 4 aromatic rings. The van der Waals surface area contributed by atoms with E-state index in [-0.39, 0.29) is 23.1 Å². The number of amides is 1. The molecule has 0 aliphatic heterocycles. The van der Waals surface area contributed by atoms with E-state index in [1.165, 1.54) is 24.3 Å². The first-order valence-corrected chi connectivity index (χ1v) is 12.0. The van der Waals surface area contributed by atoms with Gasteiger partial charge in [0, 0.05) is 12.5 Å². The van der Waals surface area contributed by atoms with Crippen molar-refractivity contribution in [2.75, 3.05) is 0 Å². The summed E-state index contributed by atoms with van der Waals surface area (Å²) in [4.78, 5) is 13.5. The SMILES string of the molecule is O=C(N[C@](Cc1ccccc1)(c1ccc(F)cc1)c1cc(F)cc(OC(F)(F)C(F)F)c1)C(O)c1ccccc1. The molecule has 0 spiro atoms. The molecule has 0 aromatic heterocycles. The highest BCUT2D eigenvalue weighted by Crippen LogP contribution is 2.38. The van der Waals surface area contributed by atoms with Gasteiger partial charge in [-0.1, -0.05) is 72.8 Å². The summed E-state index contributed by atoms with van der Waals surface area (Å²) in [5.74, 6) is -3.64. The smallest absolute Gasteiger partial charge is 0.428 e. The lowest BCUT2D eigenvalue weighted by Crippen LogP contribution is -2.50. The molecule has 1 unspecified atom stereocenters. The Hall–Kier alpha value is -4.31. The third-order valence-corrected chi connectivity index (χ3v) is 6.22. The van der Waals surface area contributed by atoms with E-state index in [1.807, 2.05) is 0 Å². The number of carbonyl (C=O) groups is 1. The molecule has 208 valence electrons. The molecule has 1 amide bonds. The molecule has 0 fully saturated rings. The summed E-state index contributed by atoms with van der Waals surface area (Å²) in [6, 6.07) is 23.4. The predicted octanol–water partition coefficient (Wildman–Crippen LogP) is 6.54. The van der Waals surface area contributed by atoms with Crippen molar-refractivity contribution in [1.29, 1.82) is 0 Å². The maximum Gasteiger partial charge on any atom is 0.461 e. The number of aliphatic hydroxyl groups is 1. The summed E-state index contributed by atoms with van der Waals surface area (Å²) in [5, 5.41) is 13.5. The molecule has 2 N–H and O–H groups in total. The summed E-state index contributed by atoms with van der Waals surface area (Å²) >= 11 is 0. The number of nitrogens with one attached hydrogen (secondary N) is 1. The molecule has 40 heavy (non-hydrogen) atoms. The first-order chi connectivity index (χ1) is 19.0. The lowest BCUT2D eigenvalue weighted by atomic mass is 9.77. The molecule has 0 aliphatic rings. The fraction of sp³-hybridized carbons (Fsp3) is 0.167. The maximum absolute atomic E-state index is 14.9. The average Bonchev–Trinajstić information content (AvgIpc) is 2.93. The van der Waals surface area contributed by atoms with Crippen LogP contribution in [-0.2, 0) is 16.8 Å². The zero-order valence-corrected chi connectivity index (χ0v) is 20.7. The average molecular weight is 560 g/mol. The van der Waals surface area contributed by atoms with Crippen LogP contribution < -0.4 is 10.1 Å². The summed E-state index contributed by atoms with van der Waals surface area (Å²) in [6.45, 7) is 0. The van der Waals surface area contributed by atoms with Gasteiger partial charge in [0.1, 0.15) is 17.4 Å². The van der Waals surface area contributed by atoms with E-state index in [0.29, 0.717) is 11.6 Å². The second kappa shape index (κ2) is 11.8. The lowest BCUT2D eigenvalue weighted by Gasteiger charge is -2.37. The number of hydrogen-bond donors (Lipinski definition) is 2. The molecule has 10 heteroatoms. The van der Waals surface area contributed by atoms with Gasteiger partial charge in [0.25, 0.3) is 5.91 Å². The first kappa shape index (κ1) is 28.7. The molecular formula is C30H23F6NO3. The lowest BCUT2D eigenvalue weighted by molar-refractivity contribution is -0.253. The Morgan fingerprint density at radius 3 is 2.00 bits per heavy atom. The van der Waals surface area contributed by atoms with Crippen LogP contribution in [0.25, 0.3) is 0 Å². The molecule has 0 saturated heterocycles. The van der Waals surface area contributed by atoms with Crippen molar-refractivity contribution in [3.05, 3.63) is 137 Å². The summed E-state index contributed by atoms with van der Waals surface area (Å²) in [7, 11) is 0. The van der Waals surface area contributed by atoms with Crippen LogP contribution in [0.1, 0.15) is 28.4 Å². The van der Waals surface area contributed by atoms with Crippen molar-refractivity contribution >= 4 is 5.91 Å². The van der Waals surface area contributed by atoms with E-state index in [1.54, 1.807) is 48.5 Å². The summed E-state index contributed by atoms with van der Waals surface area (Å²) < 4.78 is 86.2. The first-order valence-electron chi connectivity index (χ1n) is 12.0. The predicted molar refractivity (Wildman–Crippen MR) is 135 cm³/mol. The standard InChI is InChI=1S/C30H23F6NO3/c31-23-13-11-21(12-14-23)29(18-19-7-3-1-4-8-19,37-27(39)26(38)20-9-5-2-6-10-20)22-15-24(32)17-25(16-22)40-30(35,36)28(33)34/h1-17,26,28,38H,18H2,(H,37,39)/t26?,29-/m1/s1. The van der Waals surface area contributed by atoms with Crippen LogP contribution in [0, 0.1) is 11.6 Å². The van der Waals surface area contributed by atoms with E-state index >= 15 is 0 Å². The van der Waals surface area contributed by atoms with Gasteiger partial charge in [0.2, 0.25) is 0 Å². The molecule has 4 aromatic carbocycles. The van der Waals surface area contributed by atoms with Crippen LogP contribution in [0.15, 0.2) is 103 Å². The maximum atomic E-state index is 14.9. The number of rotatable bonds is 10. The van der Waals surface area contributed by atoms with Gasteiger partial charge in [-0.05, 0) is 46.5 Å². The van der Waals surface area contributed by atoms with Crippen LogP contribution in [0.5, 0.6) is 5.75 Å². The Morgan fingerprint density at radius 2 is 1.40 bits per heavy atom. The fourth-order valence-corrected chi connectivity index (χ4v) is 4.33. The fourth-order valence-electron chi connectivity index (χ4n) is 4.33. The van der Waals surface area contributed by atoms with Crippen molar-refractivity contribution in [2.24, 2.45) is 0 Å². The second-order valence-corrected chi connectivity index (χ2v) is 9.02. The third kappa shape index (κ3) is 6.45. The molecular weight excluding hydrogens is 536 g/mol. The highest BCUT2D eigenvalue weighted by Gasteiger charge is 2.45. The Balaban J connectivity index is 1.91. The molecule has 0 bridgehead atoms. The Kier molecular flexibility index (Phi) is 8.49. The largest absolute Gasteiger partial charge is 0.461 e. The van der Waals surface area contributed by atoms with E-state index in [2.05, 4.69) is 10.1 Å². The van der Waals surface area contributed by atoms with Crippen molar-refractivity contribution < 1.29 is 41.0 Å². The number of hydrogen-bond acceptors (Lipinski definition) is 3. The highest BCUT2D eigenvalue weighted by molar-refractivity contribution is 5.83. The van der Waals surface area contributed by atoms with Gasteiger partial charge in [-0.3, -0.25) is 4.79 Å². The normalized spacial score (nSPS) is 13.9. The number of carbonyl (C=O) groups excluding carboxylic acids is 1. The molecule has 2 atom stereocenters. The van der Waals surface area contributed by atoms with Gasteiger partial charge in [0.15, 0.2) is 6.10 Å². The Morgan fingerprint density at radius 1 is 0.800 bits per heavy atom. The van der Waals surface area contributed by atoms with Gasteiger partial charge in [0.05, 0.1) is 5.54 Å². The summed E-state index contributed by atoms with van der Waals surface area (Å²) in [6.07, 6.45) is -11.0. The van der Waals surface area contributed by atoms with Crippen LogP contribution in [0.3, 0.4) is 0 Å². The van der Waals surface area contributed by atoms with Gasteiger partial charge in [-0.15, -0.1) is 0 Å². The van der Waals surface area contributed by atoms with Crippen LogP contribution >= 0.6 is 0 Å². The molecule has 0 aliphatic carbocycles. The minimum atomic E-state index is -4.93. The van der Waals surface area contributed by atoms with Gasteiger partial charge < -0.3 is 15.2 Å². The van der Waals surface area contributed by atoms with Crippen LogP contribution in [0.4, 0.5) is 26.3 Å². The van der Waals surface area contributed by atoms with E-state index in [9.17, 15) is 36.2 Å². The molecule has 4 nitrogen and oxygen atoms in total. The van der Waals surface area contributed by atoms with Crippen molar-refractivity contribution in [2.45, 2.75) is 30.6 Å². The molecule has 0 saturated carbocycles. The van der Waals surface area contributed by atoms with Crippen molar-refractivity contribution in [3.8, 4) is 5.75 Å². The zero-order valence-electron chi connectivity index (χ0n) is 20.7. The summed E-state index contributed by atoms with van der Waals surface area (Å²) in [5.41, 5.74) is -1.01. The van der Waals surface area contributed by atoms with E-state index in [4.69, 9.17) is 0 Å². The van der Waals surface area contributed by atoms with Crippen molar-refractivity contribution in [3.63, 3.8) is 0 Å². The molecule has 0 radical (unpaired) electrons. The Bertz CT molecular complexity index is 1440. The zero-order chi connectivity index (χ0) is 28.9. The number of aliphatic hydroxyl groups excluding tert-OH is 1. The topological polar surface area (TPSA) is 58.6 Å². The van der Waals surface area contributed by atoms with Crippen molar-refractivity contribution in [1.82, 2.24) is 5.32 Å². The number of ether oxygens (including phenoxy) is 1. The Labute approximate surface area is 225 Å². The van der Waals surface area contributed by atoms with E-state index < -0.39 is 47.5 Å². The van der Waals surface area contributed by atoms with Crippen LogP contribution in [-0.4, -0.2) is 23.5 Å². The van der Waals surface area contributed by atoms with Gasteiger partial charge in [-0.25, -0.2) is 8.78 Å². The number of benzene rings is 4. The van der Waals surface area contributed by atoms with Crippen LogP contribution in [0.2, 0.25) is 0 Å². The third-order valence-electron chi connectivity index (χ3n) is 6.22. The number of halogens is 6. The second-order valence-electron chi connectivity index (χ2n) is 9.02. The van der Waals surface area contributed by atoms with E-state index in [0.717, 1.165) is 24.3 Å². The minimum Gasteiger partial charge on any atom is -0.428 e. The monoisotopic (exact) mass is 559 g/mol. The molecule has 4 rings (SSSR count). The highest BCUT2D eigenvalue weighted by atomic mass is 19.3. The molecule has 0 heterocycles. The van der Waals surface area contributed by atoms with Gasteiger partial charge >= 0.3 is 12.5 Å². The number of alkyl halides is 4. The minimum absolute atomic E-state index is 0.138.